The number of nitro groups is 1. The minimum Gasteiger partial charge on any atom is -0.372 e. The first-order valence-electron chi connectivity index (χ1n) is 7.78. The van der Waals surface area contributed by atoms with Gasteiger partial charge in [-0.3, -0.25) is 10.1 Å². The predicted molar refractivity (Wildman–Crippen MR) is 87.1 cm³/mol. The summed E-state index contributed by atoms with van der Waals surface area (Å²) in [7, 11) is 0. The lowest BCUT2D eigenvalue weighted by Crippen LogP contribution is -2.39. The normalized spacial score (nSPS) is 16.6. The average molecular weight is 304 g/mol. The van der Waals surface area contributed by atoms with Gasteiger partial charge in [-0.1, -0.05) is 13.8 Å². The Hall–Kier alpha value is -1.91. The maximum atomic E-state index is 11.4. The first-order chi connectivity index (χ1) is 10.3. The number of hydrogen-bond acceptors (Lipinski definition) is 4. The molecule has 0 aromatic heterocycles. The SMILES string of the molecule is CC(=O)CC(C)(C)C1CCN(c2ccc([N+](=O)[O-])cc2)CC1. The van der Waals surface area contributed by atoms with E-state index < -0.39 is 0 Å². The molecule has 5 heteroatoms. The van der Waals surface area contributed by atoms with E-state index in [1.54, 1.807) is 19.1 Å². The number of ketones is 1. The van der Waals surface area contributed by atoms with Crippen LogP contribution in [-0.2, 0) is 4.79 Å². The molecule has 1 aromatic carbocycles. The summed E-state index contributed by atoms with van der Waals surface area (Å²) in [5.74, 6) is 0.800. The number of rotatable bonds is 5. The van der Waals surface area contributed by atoms with Crippen molar-refractivity contribution in [3.63, 3.8) is 0 Å². The van der Waals surface area contributed by atoms with E-state index in [-0.39, 0.29) is 21.8 Å². The van der Waals surface area contributed by atoms with Crippen LogP contribution in [0.25, 0.3) is 0 Å². The van der Waals surface area contributed by atoms with Crippen molar-refractivity contribution in [2.75, 3.05) is 18.0 Å². The van der Waals surface area contributed by atoms with Crippen LogP contribution in [0.2, 0.25) is 0 Å². The Labute approximate surface area is 131 Å². The summed E-state index contributed by atoms with van der Waals surface area (Å²) in [6, 6.07) is 6.75. The summed E-state index contributed by atoms with van der Waals surface area (Å²) in [5.41, 5.74) is 1.21. The second-order valence-corrected chi connectivity index (χ2v) is 6.90. The third-order valence-corrected chi connectivity index (χ3v) is 4.73. The summed E-state index contributed by atoms with van der Waals surface area (Å²) in [6.07, 6.45) is 2.74. The van der Waals surface area contributed by atoms with E-state index >= 15 is 0 Å². The third kappa shape index (κ3) is 3.84. The molecule has 0 saturated carbocycles. The molecule has 5 nitrogen and oxygen atoms in total. The second-order valence-electron chi connectivity index (χ2n) is 6.90. The Morgan fingerprint density at radius 2 is 1.82 bits per heavy atom. The van der Waals surface area contributed by atoms with Gasteiger partial charge < -0.3 is 9.69 Å². The van der Waals surface area contributed by atoms with E-state index in [4.69, 9.17) is 0 Å². The van der Waals surface area contributed by atoms with E-state index in [0.29, 0.717) is 12.3 Å². The molecular formula is C17H24N2O3. The summed E-state index contributed by atoms with van der Waals surface area (Å²) in [6.45, 7) is 7.89. The highest BCUT2D eigenvalue weighted by atomic mass is 16.6. The molecule has 0 N–H and O–H groups in total. The summed E-state index contributed by atoms with van der Waals surface area (Å²) in [4.78, 5) is 24.0. The lowest BCUT2D eigenvalue weighted by Gasteiger charge is -2.41. The highest BCUT2D eigenvalue weighted by Gasteiger charge is 2.33. The smallest absolute Gasteiger partial charge is 0.269 e. The highest BCUT2D eigenvalue weighted by Crippen LogP contribution is 2.38. The maximum absolute atomic E-state index is 11.4. The highest BCUT2D eigenvalue weighted by molar-refractivity contribution is 5.76. The molecule has 0 radical (unpaired) electrons. The van der Waals surface area contributed by atoms with Crippen LogP contribution in [0.5, 0.6) is 0 Å². The Morgan fingerprint density at radius 1 is 1.27 bits per heavy atom. The minimum atomic E-state index is -0.375. The van der Waals surface area contributed by atoms with Crippen LogP contribution in [0.1, 0.15) is 40.0 Å². The molecule has 1 heterocycles. The monoisotopic (exact) mass is 304 g/mol. The minimum absolute atomic E-state index is 0.0490. The van der Waals surface area contributed by atoms with Crippen molar-refractivity contribution in [1.82, 2.24) is 0 Å². The Morgan fingerprint density at radius 3 is 2.27 bits per heavy atom. The van der Waals surface area contributed by atoms with Crippen LogP contribution in [0, 0.1) is 21.4 Å². The Bertz CT molecular complexity index is 544. The van der Waals surface area contributed by atoms with E-state index in [2.05, 4.69) is 18.7 Å². The van der Waals surface area contributed by atoms with Gasteiger partial charge in [0.05, 0.1) is 4.92 Å². The molecule has 2 rings (SSSR count). The van der Waals surface area contributed by atoms with E-state index in [0.717, 1.165) is 31.6 Å². The number of carbonyl (C=O) groups excluding carboxylic acids is 1. The molecule has 22 heavy (non-hydrogen) atoms. The van der Waals surface area contributed by atoms with Gasteiger partial charge in [0.15, 0.2) is 0 Å². The van der Waals surface area contributed by atoms with Crippen molar-refractivity contribution in [3.8, 4) is 0 Å². The lowest BCUT2D eigenvalue weighted by atomic mass is 9.71. The fourth-order valence-electron chi connectivity index (χ4n) is 3.49. The summed E-state index contributed by atoms with van der Waals surface area (Å²) in [5, 5.41) is 10.7. The quantitative estimate of drug-likeness (QED) is 0.613. The van der Waals surface area contributed by atoms with Gasteiger partial charge in [-0.2, -0.15) is 0 Å². The van der Waals surface area contributed by atoms with E-state index in [9.17, 15) is 14.9 Å². The van der Waals surface area contributed by atoms with Crippen LogP contribution >= 0.6 is 0 Å². The number of carbonyl (C=O) groups is 1. The number of piperidine rings is 1. The zero-order valence-corrected chi connectivity index (χ0v) is 13.5. The standard InChI is InChI=1S/C17H24N2O3/c1-13(20)12-17(2,3)14-8-10-18(11-9-14)15-4-6-16(7-5-15)19(21)22/h4-7,14H,8-12H2,1-3H3. The Balaban J connectivity index is 1.97. The van der Waals surface area contributed by atoms with Crippen molar-refractivity contribution in [3.05, 3.63) is 34.4 Å². The van der Waals surface area contributed by atoms with Gasteiger partial charge in [0.1, 0.15) is 5.78 Å². The van der Waals surface area contributed by atoms with Crippen molar-refractivity contribution < 1.29 is 9.72 Å². The molecule has 120 valence electrons. The van der Waals surface area contributed by atoms with Gasteiger partial charge >= 0.3 is 0 Å². The zero-order chi connectivity index (χ0) is 16.3. The fraction of sp³-hybridized carbons (Fsp3) is 0.588. The van der Waals surface area contributed by atoms with E-state index in [1.165, 1.54) is 0 Å². The molecule has 0 atom stereocenters. The predicted octanol–water partition coefficient (Wildman–Crippen LogP) is 3.82. The van der Waals surface area contributed by atoms with Gasteiger partial charge in [0.2, 0.25) is 0 Å². The molecule has 0 amide bonds. The molecule has 1 aromatic rings. The van der Waals surface area contributed by atoms with Gasteiger partial charge in [-0.25, -0.2) is 0 Å². The van der Waals surface area contributed by atoms with Gasteiger partial charge in [0.25, 0.3) is 5.69 Å². The molecule has 1 aliphatic rings. The molecule has 0 unspecified atom stereocenters. The molecule has 1 fully saturated rings. The topological polar surface area (TPSA) is 63.5 Å². The van der Waals surface area contributed by atoms with Crippen LogP contribution in [0.15, 0.2) is 24.3 Å². The van der Waals surface area contributed by atoms with Crippen LogP contribution in [0.4, 0.5) is 11.4 Å². The van der Waals surface area contributed by atoms with Crippen molar-refractivity contribution in [2.24, 2.45) is 11.3 Å². The van der Waals surface area contributed by atoms with Crippen molar-refractivity contribution in [1.29, 1.82) is 0 Å². The summed E-state index contributed by atoms with van der Waals surface area (Å²) >= 11 is 0. The number of Topliss-reactive ketones (excluding diaryl/α,β-unsaturated/α-hetero) is 1. The Kier molecular flexibility index (Phi) is 4.84. The number of hydrogen-bond donors (Lipinski definition) is 0. The third-order valence-electron chi connectivity index (χ3n) is 4.73. The van der Waals surface area contributed by atoms with Gasteiger partial charge in [-0.05, 0) is 43.2 Å². The largest absolute Gasteiger partial charge is 0.372 e. The van der Waals surface area contributed by atoms with Gasteiger partial charge in [-0.15, -0.1) is 0 Å². The lowest BCUT2D eigenvalue weighted by molar-refractivity contribution is -0.384. The number of non-ortho nitro benzene ring substituents is 1. The van der Waals surface area contributed by atoms with E-state index in [1.807, 2.05) is 12.1 Å². The summed E-state index contributed by atoms with van der Waals surface area (Å²) < 4.78 is 0. The fourth-order valence-corrected chi connectivity index (χ4v) is 3.49. The zero-order valence-electron chi connectivity index (χ0n) is 13.5. The second kappa shape index (κ2) is 6.46. The van der Waals surface area contributed by atoms with Crippen molar-refractivity contribution >= 4 is 17.2 Å². The number of benzene rings is 1. The van der Waals surface area contributed by atoms with Crippen LogP contribution < -0.4 is 4.90 Å². The van der Waals surface area contributed by atoms with Crippen LogP contribution in [-0.4, -0.2) is 23.8 Å². The van der Waals surface area contributed by atoms with Gasteiger partial charge in [0, 0.05) is 37.3 Å². The molecule has 0 aliphatic carbocycles. The first kappa shape index (κ1) is 16.5. The maximum Gasteiger partial charge on any atom is 0.269 e. The first-order valence-corrected chi connectivity index (χ1v) is 7.78. The number of nitrogens with zero attached hydrogens (tertiary/aromatic N) is 2. The molecule has 0 spiro atoms. The molecule has 1 saturated heterocycles. The molecular weight excluding hydrogens is 280 g/mol. The van der Waals surface area contributed by atoms with Crippen molar-refractivity contribution in [2.45, 2.75) is 40.0 Å². The number of anilines is 1. The number of nitro benzene ring substituents is 1. The average Bonchev–Trinajstić information content (AvgIpc) is 2.46. The van der Waals surface area contributed by atoms with Crippen LogP contribution in [0.3, 0.4) is 0 Å². The molecule has 0 bridgehead atoms. The molecule has 1 aliphatic heterocycles.